The monoisotopic (exact) mass is 386 g/mol. The van der Waals surface area contributed by atoms with Crippen molar-refractivity contribution in [2.75, 3.05) is 6.61 Å². The fourth-order valence-electron chi connectivity index (χ4n) is 4.28. The van der Waals surface area contributed by atoms with Crippen LogP contribution in [0, 0.1) is 0 Å². The molecule has 0 saturated heterocycles. The molecule has 0 radical (unpaired) electrons. The van der Waals surface area contributed by atoms with Crippen molar-refractivity contribution >= 4 is 21.9 Å². The first kappa shape index (κ1) is 18.3. The van der Waals surface area contributed by atoms with Crippen LogP contribution in [-0.4, -0.2) is 26.2 Å². The number of pyridine rings is 1. The molecule has 0 saturated carbocycles. The Kier molecular flexibility index (Phi) is 5.00. The van der Waals surface area contributed by atoms with Crippen molar-refractivity contribution in [2.45, 2.75) is 45.8 Å². The maximum Gasteiger partial charge on any atom is 0.109 e. The van der Waals surface area contributed by atoms with Crippen LogP contribution in [0.25, 0.3) is 21.9 Å². The number of fused-ring (bicyclic) bond motifs is 4. The van der Waals surface area contributed by atoms with Crippen molar-refractivity contribution in [2.24, 2.45) is 0 Å². The predicted octanol–water partition coefficient (Wildman–Crippen LogP) is 4.87. The summed E-state index contributed by atoms with van der Waals surface area (Å²) in [7, 11) is 0. The third-order valence-electron chi connectivity index (χ3n) is 5.64. The van der Waals surface area contributed by atoms with Crippen molar-refractivity contribution in [1.82, 2.24) is 19.6 Å². The molecule has 1 aliphatic heterocycles. The Morgan fingerprint density at radius 3 is 2.52 bits per heavy atom. The molecule has 5 heteroatoms. The molecule has 0 aliphatic carbocycles. The van der Waals surface area contributed by atoms with E-state index in [1.165, 1.54) is 22.0 Å². The summed E-state index contributed by atoms with van der Waals surface area (Å²) >= 11 is 0. The van der Waals surface area contributed by atoms with E-state index in [0.29, 0.717) is 6.61 Å². The fourth-order valence-corrected chi connectivity index (χ4v) is 4.28. The molecule has 1 aliphatic rings. The zero-order chi connectivity index (χ0) is 19.6. The quantitative estimate of drug-likeness (QED) is 0.425. The number of hydrogen-bond acceptors (Lipinski definition) is 4. The summed E-state index contributed by atoms with van der Waals surface area (Å²) in [6.07, 6.45) is 4.92. The smallest absolute Gasteiger partial charge is 0.109 e. The number of aromatic nitrogens is 3. The second kappa shape index (κ2) is 7.93. The topological polar surface area (TPSA) is 43.2 Å². The number of para-hydroxylation sites is 1. The van der Waals surface area contributed by atoms with E-state index in [4.69, 9.17) is 9.82 Å². The number of aryl methyl sites for hydroxylation is 2. The van der Waals surface area contributed by atoms with E-state index in [2.05, 4.69) is 64.0 Å². The molecule has 29 heavy (non-hydrogen) atoms. The minimum absolute atomic E-state index is 0.711. The van der Waals surface area contributed by atoms with Crippen LogP contribution in [-0.2, 0) is 30.9 Å². The molecular weight excluding hydrogens is 360 g/mol. The van der Waals surface area contributed by atoms with Crippen molar-refractivity contribution < 1.29 is 4.84 Å². The van der Waals surface area contributed by atoms with E-state index in [9.17, 15) is 0 Å². The van der Waals surface area contributed by atoms with Gasteiger partial charge < -0.3 is 4.57 Å². The summed E-state index contributed by atoms with van der Waals surface area (Å²) < 4.78 is 2.38. The van der Waals surface area contributed by atoms with E-state index in [0.717, 1.165) is 55.8 Å². The molecule has 0 fully saturated rings. The number of benzene rings is 2. The Hall–Kier alpha value is -2.76. The lowest BCUT2D eigenvalue weighted by Gasteiger charge is -2.16. The first-order valence-corrected chi connectivity index (χ1v) is 10.5. The maximum absolute atomic E-state index is 6.07. The minimum Gasteiger partial charge on any atom is -0.327 e. The molecule has 148 valence electrons. The summed E-state index contributed by atoms with van der Waals surface area (Å²) in [5.74, 6) is 1.15. The van der Waals surface area contributed by atoms with E-state index < -0.39 is 0 Å². The molecule has 4 aromatic rings. The summed E-state index contributed by atoms with van der Waals surface area (Å²) in [5.41, 5.74) is 5.96. The molecule has 0 amide bonds. The lowest BCUT2D eigenvalue weighted by atomic mass is 10.1. The number of hydroxylamine groups is 2. The lowest BCUT2D eigenvalue weighted by Crippen LogP contribution is -2.18. The largest absolute Gasteiger partial charge is 0.327 e. The molecule has 5 rings (SSSR count). The van der Waals surface area contributed by atoms with Crippen LogP contribution in [0.1, 0.15) is 36.7 Å². The highest BCUT2D eigenvalue weighted by Crippen LogP contribution is 2.26. The molecule has 5 nitrogen and oxygen atoms in total. The first-order valence-electron chi connectivity index (χ1n) is 10.5. The van der Waals surface area contributed by atoms with Gasteiger partial charge in [-0.25, -0.2) is 4.98 Å². The summed E-state index contributed by atoms with van der Waals surface area (Å²) in [4.78, 5) is 15.5. The van der Waals surface area contributed by atoms with Gasteiger partial charge in [0.05, 0.1) is 23.8 Å². The molecule has 0 unspecified atom stereocenters. The average Bonchev–Trinajstić information content (AvgIpc) is 3.32. The molecule has 0 N–H and O–H groups in total. The molecule has 0 bridgehead atoms. The summed E-state index contributed by atoms with van der Waals surface area (Å²) in [6.45, 7) is 5.57. The second-order valence-electron chi connectivity index (χ2n) is 7.69. The molecule has 0 atom stereocenters. The van der Waals surface area contributed by atoms with Crippen LogP contribution < -0.4 is 0 Å². The minimum atomic E-state index is 0.711. The zero-order valence-electron chi connectivity index (χ0n) is 16.8. The predicted molar refractivity (Wildman–Crippen MR) is 115 cm³/mol. The first-order chi connectivity index (χ1) is 14.3. The summed E-state index contributed by atoms with van der Waals surface area (Å²) in [6, 6.07) is 16.9. The fraction of sp³-hybridized carbons (Fsp3) is 0.333. The highest BCUT2D eigenvalue weighted by Gasteiger charge is 2.19. The highest BCUT2D eigenvalue weighted by atomic mass is 16.7. The van der Waals surface area contributed by atoms with Crippen LogP contribution in [0.4, 0.5) is 0 Å². The summed E-state index contributed by atoms with van der Waals surface area (Å²) in [5, 5.41) is 3.25. The molecular formula is C24H26N4O. The number of rotatable bonds is 7. The Labute approximate surface area is 170 Å². The van der Waals surface area contributed by atoms with Crippen LogP contribution in [0.15, 0.2) is 54.7 Å². The number of hydrogen-bond donors (Lipinski definition) is 0. The third kappa shape index (κ3) is 3.52. The molecule has 0 spiro atoms. The highest BCUT2D eigenvalue weighted by molar-refractivity contribution is 6.02. The van der Waals surface area contributed by atoms with Gasteiger partial charge in [-0.05, 0) is 30.0 Å². The SMILES string of the molecule is CCCc1nc2cnc3ccccc3c2n1CCCON1Cc2ccccc2C1. The molecule has 3 heterocycles. The maximum atomic E-state index is 6.07. The van der Waals surface area contributed by atoms with Gasteiger partial charge in [-0.1, -0.05) is 49.4 Å². The van der Waals surface area contributed by atoms with E-state index in [1.54, 1.807) is 0 Å². The van der Waals surface area contributed by atoms with Gasteiger partial charge in [0.2, 0.25) is 0 Å². The second-order valence-corrected chi connectivity index (χ2v) is 7.69. The van der Waals surface area contributed by atoms with Gasteiger partial charge >= 0.3 is 0 Å². The van der Waals surface area contributed by atoms with E-state index in [1.807, 2.05) is 12.3 Å². The number of nitrogens with zero attached hydrogens (tertiary/aromatic N) is 4. The van der Waals surface area contributed by atoms with Gasteiger partial charge in [-0.3, -0.25) is 9.82 Å². The standard InChI is InChI=1S/C24H26N4O/c1-2-8-23-26-22-15-25-21-12-6-5-11-20(21)24(22)28(23)13-7-14-29-27-16-18-9-3-4-10-19(18)17-27/h3-6,9-12,15H,2,7-8,13-14,16-17H2,1H3. The molecule has 2 aromatic carbocycles. The van der Waals surface area contributed by atoms with Gasteiger partial charge in [-0.2, -0.15) is 5.06 Å². The van der Waals surface area contributed by atoms with Crippen molar-refractivity contribution in [3.05, 3.63) is 71.7 Å². The van der Waals surface area contributed by atoms with Crippen LogP contribution in [0.2, 0.25) is 0 Å². The zero-order valence-corrected chi connectivity index (χ0v) is 16.8. The van der Waals surface area contributed by atoms with Crippen molar-refractivity contribution in [1.29, 1.82) is 0 Å². The van der Waals surface area contributed by atoms with Gasteiger partial charge in [0.1, 0.15) is 11.3 Å². The van der Waals surface area contributed by atoms with Crippen molar-refractivity contribution in [3.63, 3.8) is 0 Å². The Morgan fingerprint density at radius 1 is 0.966 bits per heavy atom. The Bertz CT molecular complexity index is 1130. The van der Waals surface area contributed by atoms with Crippen LogP contribution >= 0.6 is 0 Å². The van der Waals surface area contributed by atoms with Crippen LogP contribution in [0.3, 0.4) is 0 Å². The average molecular weight is 386 g/mol. The number of imidazole rings is 1. The Balaban J connectivity index is 1.32. The Morgan fingerprint density at radius 2 is 1.72 bits per heavy atom. The normalized spacial score (nSPS) is 14.1. The van der Waals surface area contributed by atoms with Crippen LogP contribution in [0.5, 0.6) is 0 Å². The van der Waals surface area contributed by atoms with Gasteiger partial charge in [-0.15, -0.1) is 0 Å². The third-order valence-corrected chi connectivity index (χ3v) is 5.64. The lowest BCUT2D eigenvalue weighted by molar-refractivity contribution is -0.166. The molecule has 2 aromatic heterocycles. The van der Waals surface area contributed by atoms with Gasteiger partial charge in [0.15, 0.2) is 0 Å². The van der Waals surface area contributed by atoms with Gasteiger partial charge in [0, 0.05) is 31.4 Å². The van der Waals surface area contributed by atoms with Gasteiger partial charge in [0.25, 0.3) is 0 Å². The van der Waals surface area contributed by atoms with E-state index >= 15 is 0 Å². The van der Waals surface area contributed by atoms with Crippen molar-refractivity contribution in [3.8, 4) is 0 Å². The van der Waals surface area contributed by atoms with E-state index in [-0.39, 0.29) is 0 Å².